The average molecular weight is 293 g/mol. The van der Waals surface area contributed by atoms with E-state index in [9.17, 15) is 14.9 Å². The summed E-state index contributed by atoms with van der Waals surface area (Å²) in [7, 11) is 3.21. The number of nitro groups is 1. The molecule has 2 rings (SSSR count). The minimum Gasteiger partial charge on any atom is -0.381 e. The van der Waals surface area contributed by atoms with E-state index in [-0.39, 0.29) is 17.7 Å². The molecule has 1 N–H and O–H groups in total. The second-order valence-electron chi connectivity index (χ2n) is 4.96. The number of non-ortho nitro benzene ring substituents is 1. The molecular weight excluding hydrogens is 274 g/mol. The number of nitrogens with zero attached hydrogens (tertiary/aromatic N) is 2. The molecule has 7 nitrogen and oxygen atoms in total. The van der Waals surface area contributed by atoms with Crippen LogP contribution in [0.1, 0.15) is 23.2 Å². The van der Waals surface area contributed by atoms with Gasteiger partial charge in [-0.05, 0) is 18.9 Å². The molecule has 1 aromatic carbocycles. The van der Waals surface area contributed by atoms with Gasteiger partial charge in [0.15, 0.2) is 0 Å². The molecule has 0 spiro atoms. The third-order valence-electron chi connectivity index (χ3n) is 3.78. The Hall–Kier alpha value is -2.15. The molecule has 114 valence electrons. The van der Waals surface area contributed by atoms with E-state index in [1.165, 1.54) is 19.2 Å². The molecule has 1 saturated heterocycles. The van der Waals surface area contributed by atoms with Crippen molar-refractivity contribution < 1.29 is 14.5 Å². The molecule has 1 aromatic rings. The van der Waals surface area contributed by atoms with E-state index >= 15 is 0 Å². The molecule has 0 atom stereocenters. The number of carbonyl (C=O) groups is 1. The Balaban J connectivity index is 2.30. The maximum Gasteiger partial charge on any atom is 0.270 e. The molecule has 0 bridgehead atoms. The van der Waals surface area contributed by atoms with Crippen LogP contribution < -0.4 is 10.2 Å². The SMILES string of the molecule is CNC(=O)c1cc([N+](=O)[O-])ccc1N1CCC(OC)CC1. The largest absolute Gasteiger partial charge is 0.381 e. The van der Waals surface area contributed by atoms with E-state index in [1.807, 2.05) is 0 Å². The Morgan fingerprint density at radius 3 is 2.62 bits per heavy atom. The Labute approximate surface area is 123 Å². The molecule has 0 unspecified atom stereocenters. The molecule has 0 radical (unpaired) electrons. The third kappa shape index (κ3) is 3.30. The van der Waals surface area contributed by atoms with Gasteiger partial charge in [-0.1, -0.05) is 0 Å². The van der Waals surface area contributed by atoms with Gasteiger partial charge >= 0.3 is 0 Å². The molecule has 0 aromatic heterocycles. The summed E-state index contributed by atoms with van der Waals surface area (Å²) in [6, 6.07) is 4.41. The maximum absolute atomic E-state index is 12.0. The van der Waals surface area contributed by atoms with Crippen molar-refractivity contribution in [2.24, 2.45) is 0 Å². The number of carbonyl (C=O) groups excluding carboxylic acids is 1. The Bertz CT molecular complexity index is 539. The van der Waals surface area contributed by atoms with E-state index in [4.69, 9.17) is 4.74 Å². The van der Waals surface area contributed by atoms with Crippen LogP contribution in [0.3, 0.4) is 0 Å². The highest BCUT2D eigenvalue weighted by atomic mass is 16.6. The fourth-order valence-corrected chi connectivity index (χ4v) is 2.56. The van der Waals surface area contributed by atoms with Crippen molar-refractivity contribution in [3.8, 4) is 0 Å². The number of piperidine rings is 1. The molecule has 7 heteroatoms. The van der Waals surface area contributed by atoms with Gasteiger partial charge in [-0.15, -0.1) is 0 Å². The van der Waals surface area contributed by atoms with Gasteiger partial charge in [-0.3, -0.25) is 14.9 Å². The summed E-state index contributed by atoms with van der Waals surface area (Å²) in [5.41, 5.74) is 0.987. The molecule has 1 aliphatic heterocycles. The lowest BCUT2D eigenvalue weighted by Gasteiger charge is -2.33. The summed E-state index contributed by atoms with van der Waals surface area (Å²) in [5.74, 6) is -0.317. The molecule has 0 saturated carbocycles. The van der Waals surface area contributed by atoms with Gasteiger partial charge in [0.1, 0.15) is 0 Å². The lowest BCUT2D eigenvalue weighted by atomic mass is 10.0. The van der Waals surface area contributed by atoms with Crippen molar-refractivity contribution in [1.29, 1.82) is 0 Å². The monoisotopic (exact) mass is 293 g/mol. The zero-order valence-corrected chi connectivity index (χ0v) is 12.2. The van der Waals surface area contributed by atoms with Crippen molar-refractivity contribution in [2.75, 3.05) is 32.1 Å². The van der Waals surface area contributed by atoms with Crippen LogP contribution in [-0.2, 0) is 4.74 Å². The topological polar surface area (TPSA) is 84.7 Å². The Morgan fingerprint density at radius 1 is 1.43 bits per heavy atom. The van der Waals surface area contributed by atoms with E-state index in [0.29, 0.717) is 5.56 Å². The second-order valence-corrected chi connectivity index (χ2v) is 4.96. The summed E-state index contributed by atoms with van der Waals surface area (Å²) < 4.78 is 5.33. The van der Waals surface area contributed by atoms with E-state index < -0.39 is 4.92 Å². The summed E-state index contributed by atoms with van der Waals surface area (Å²) in [5, 5.41) is 13.4. The number of rotatable bonds is 4. The van der Waals surface area contributed by atoms with Gasteiger partial charge in [0.25, 0.3) is 11.6 Å². The minimum absolute atomic E-state index is 0.0795. The van der Waals surface area contributed by atoms with Crippen molar-refractivity contribution in [3.63, 3.8) is 0 Å². The van der Waals surface area contributed by atoms with Gasteiger partial charge < -0.3 is 15.0 Å². The zero-order valence-electron chi connectivity index (χ0n) is 12.2. The van der Waals surface area contributed by atoms with Crippen molar-refractivity contribution in [1.82, 2.24) is 5.32 Å². The predicted octanol–water partition coefficient (Wildman–Crippen LogP) is 1.57. The van der Waals surface area contributed by atoms with Crippen LogP contribution in [0.15, 0.2) is 18.2 Å². The van der Waals surface area contributed by atoms with Crippen molar-refractivity contribution in [3.05, 3.63) is 33.9 Å². The normalized spacial score (nSPS) is 15.8. The first-order valence-electron chi connectivity index (χ1n) is 6.85. The summed E-state index contributed by atoms with van der Waals surface area (Å²) in [6.45, 7) is 1.53. The average Bonchev–Trinajstić information content (AvgIpc) is 2.53. The van der Waals surface area contributed by atoms with Crippen molar-refractivity contribution in [2.45, 2.75) is 18.9 Å². The first-order valence-corrected chi connectivity index (χ1v) is 6.85. The predicted molar refractivity (Wildman–Crippen MR) is 78.7 cm³/mol. The van der Waals surface area contributed by atoms with Gasteiger partial charge in [-0.2, -0.15) is 0 Å². The van der Waals surface area contributed by atoms with Crippen LogP contribution >= 0.6 is 0 Å². The zero-order chi connectivity index (χ0) is 15.4. The van der Waals surface area contributed by atoms with E-state index in [0.717, 1.165) is 31.6 Å². The Morgan fingerprint density at radius 2 is 2.10 bits per heavy atom. The molecule has 1 fully saturated rings. The number of ether oxygens (including phenoxy) is 1. The number of anilines is 1. The molecule has 1 amide bonds. The number of methoxy groups -OCH3 is 1. The summed E-state index contributed by atoms with van der Waals surface area (Å²) in [6.07, 6.45) is 1.99. The lowest BCUT2D eigenvalue weighted by Crippen LogP contribution is -2.38. The van der Waals surface area contributed by atoms with Gasteiger partial charge in [0.2, 0.25) is 0 Å². The molecular formula is C14H19N3O4. The van der Waals surface area contributed by atoms with Crippen LogP contribution in [0, 0.1) is 10.1 Å². The molecule has 21 heavy (non-hydrogen) atoms. The van der Waals surface area contributed by atoms with E-state index in [1.54, 1.807) is 13.2 Å². The molecule has 0 aliphatic carbocycles. The standard InChI is InChI=1S/C14H19N3O4/c1-15-14(18)12-9-10(17(19)20)3-4-13(12)16-7-5-11(21-2)6-8-16/h3-4,9,11H,5-8H2,1-2H3,(H,15,18). The van der Waals surface area contributed by atoms with Gasteiger partial charge in [-0.25, -0.2) is 0 Å². The second kappa shape index (κ2) is 6.53. The maximum atomic E-state index is 12.0. The third-order valence-corrected chi connectivity index (χ3v) is 3.78. The van der Waals surface area contributed by atoms with Crippen LogP contribution in [-0.4, -0.2) is 44.2 Å². The van der Waals surface area contributed by atoms with Gasteiger partial charge in [0.05, 0.1) is 22.3 Å². The highest BCUT2D eigenvalue weighted by molar-refractivity contribution is 6.00. The lowest BCUT2D eigenvalue weighted by molar-refractivity contribution is -0.384. The first kappa shape index (κ1) is 15.2. The summed E-state index contributed by atoms with van der Waals surface area (Å²) >= 11 is 0. The minimum atomic E-state index is -0.493. The van der Waals surface area contributed by atoms with E-state index in [2.05, 4.69) is 10.2 Å². The van der Waals surface area contributed by atoms with Gasteiger partial charge in [0, 0.05) is 39.4 Å². The quantitative estimate of drug-likeness (QED) is 0.673. The summed E-state index contributed by atoms with van der Waals surface area (Å²) in [4.78, 5) is 24.4. The molecule has 1 aliphatic rings. The highest BCUT2D eigenvalue weighted by Gasteiger charge is 2.24. The molecule has 1 heterocycles. The fourth-order valence-electron chi connectivity index (χ4n) is 2.56. The van der Waals surface area contributed by atoms with Crippen LogP contribution in [0.5, 0.6) is 0 Å². The fraction of sp³-hybridized carbons (Fsp3) is 0.500. The number of benzene rings is 1. The van der Waals surface area contributed by atoms with Crippen LogP contribution in [0.25, 0.3) is 0 Å². The Kier molecular flexibility index (Phi) is 4.74. The van der Waals surface area contributed by atoms with Crippen LogP contribution in [0.2, 0.25) is 0 Å². The van der Waals surface area contributed by atoms with Crippen molar-refractivity contribution >= 4 is 17.3 Å². The smallest absolute Gasteiger partial charge is 0.270 e. The highest BCUT2D eigenvalue weighted by Crippen LogP contribution is 2.28. The number of hydrogen-bond donors (Lipinski definition) is 1. The number of nitro benzene ring substituents is 1. The number of nitrogens with one attached hydrogen (secondary N) is 1. The number of hydrogen-bond acceptors (Lipinski definition) is 5. The van der Waals surface area contributed by atoms with Crippen LogP contribution in [0.4, 0.5) is 11.4 Å². The first-order chi connectivity index (χ1) is 10.1. The number of amides is 1.